The lowest BCUT2D eigenvalue weighted by molar-refractivity contribution is -0.132. The van der Waals surface area contributed by atoms with Crippen LogP contribution in [-0.2, 0) is 4.79 Å². The molecular weight excluding hydrogens is 304 g/mol. The van der Waals surface area contributed by atoms with Crippen molar-refractivity contribution in [3.63, 3.8) is 0 Å². The maximum Gasteiger partial charge on any atom is 0.251 e. The van der Waals surface area contributed by atoms with E-state index in [1.165, 1.54) is 0 Å². The Kier molecular flexibility index (Phi) is 5.42. The first-order chi connectivity index (χ1) is 10.4. The van der Waals surface area contributed by atoms with Crippen LogP contribution >= 0.6 is 11.6 Å². The number of aliphatic hydroxyl groups excluding tert-OH is 1. The van der Waals surface area contributed by atoms with E-state index < -0.39 is 12.1 Å². The monoisotopic (exact) mass is 324 g/mol. The molecule has 1 aliphatic rings. The Morgan fingerprint density at radius 1 is 1.32 bits per heavy atom. The maximum atomic E-state index is 12.3. The van der Waals surface area contributed by atoms with E-state index in [4.69, 9.17) is 11.6 Å². The highest BCUT2D eigenvalue weighted by molar-refractivity contribution is 6.30. The van der Waals surface area contributed by atoms with Crippen molar-refractivity contribution in [1.29, 1.82) is 0 Å². The summed E-state index contributed by atoms with van der Waals surface area (Å²) in [5.74, 6) is -0.308. The van der Waals surface area contributed by atoms with Gasteiger partial charge in [-0.15, -0.1) is 0 Å². The van der Waals surface area contributed by atoms with Crippen LogP contribution in [0.1, 0.15) is 30.6 Å². The molecule has 22 heavy (non-hydrogen) atoms. The second kappa shape index (κ2) is 7.11. The van der Waals surface area contributed by atoms with Crippen molar-refractivity contribution in [2.45, 2.75) is 32.4 Å². The quantitative estimate of drug-likeness (QED) is 0.885. The van der Waals surface area contributed by atoms with E-state index in [0.717, 1.165) is 6.42 Å². The molecule has 2 rings (SSSR count). The van der Waals surface area contributed by atoms with Crippen molar-refractivity contribution in [1.82, 2.24) is 10.2 Å². The number of carbonyl (C=O) groups is 2. The second-order valence-electron chi connectivity index (χ2n) is 5.78. The summed E-state index contributed by atoms with van der Waals surface area (Å²) in [6.07, 6.45) is 0.373. The molecule has 0 spiro atoms. The maximum absolute atomic E-state index is 12.3. The van der Waals surface area contributed by atoms with Crippen molar-refractivity contribution in [2.24, 2.45) is 5.92 Å². The van der Waals surface area contributed by atoms with E-state index in [0.29, 0.717) is 23.7 Å². The number of hydrogen-bond donors (Lipinski definition) is 2. The van der Waals surface area contributed by atoms with E-state index in [-0.39, 0.29) is 17.7 Å². The van der Waals surface area contributed by atoms with Crippen molar-refractivity contribution < 1.29 is 14.7 Å². The number of hydrogen-bond acceptors (Lipinski definition) is 3. The number of likely N-dealkylation sites (tertiary alicyclic amines) is 1. The molecule has 2 amide bonds. The molecule has 0 bridgehead atoms. The molecule has 0 radical (unpaired) electrons. The molecule has 1 fully saturated rings. The van der Waals surface area contributed by atoms with Gasteiger partial charge in [0, 0.05) is 29.6 Å². The first-order valence-electron chi connectivity index (χ1n) is 7.41. The average Bonchev–Trinajstić information content (AvgIpc) is 2.97. The second-order valence-corrected chi connectivity index (χ2v) is 6.21. The van der Waals surface area contributed by atoms with E-state index in [1.54, 1.807) is 43.0 Å². The van der Waals surface area contributed by atoms with Crippen LogP contribution in [0.3, 0.4) is 0 Å². The summed E-state index contributed by atoms with van der Waals surface area (Å²) in [5.41, 5.74) is 0.465. The minimum absolute atomic E-state index is 0.114. The molecule has 120 valence electrons. The summed E-state index contributed by atoms with van der Waals surface area (Å²) in [6, 6.07) is 5.91. The third kappa shape index (κ3) is 3.99. The van der Waals surface area contributed by atoms with Gasteiger partial charge in [-0.1, -0.05) is 11.6 Å². The minimum Gasteiger partial charge on any atom is -0.393 e. The minimum atomic E-state index is -0.601. The fourth-order valence-corrected chi connectivity index (χ4v) is 2.72. The van der Waals surface area contributed by atoms with Gasteiger partial charge in [0.25, 0.3) is 5.91 Å². The molecule has 3 unspecified atom stereocenters. The van der Waals surface area contributed by atoms with Gasteiger partial charge in [0.05, 0.1) is 6.10 Å². The van der Waals surface area contributed by atoms with Crippen LogP contribution < -0.4 is 5.32 Å². The predicted octanol–water partition coefficient (Wildman–Crippen LogP) is 1.69. The van der Waals surface area contributed by atoms with Gasteiger partial charge >= 0.3 is 0 Å². The van der Waals surface area contributed by atoms with Crippen molar-refractivity contribution in [3.05, 3.63) is 34.9 Å². The number of benzene rings is 1. The normalized spacial score (nSPS) is 20.5. The highest BCUT2D eigenvalue weighted by Gasteiger charge is 2.31. The molecule has 1 aliphatic heterocycles. The molecule has 0 aromatic heterocycles. The van der Waals surface area contributed by atoms with E-state index in [1.807, 2.05) is 0 Å². The number of amides is 2. The summed E-state index contributed by atoms with van der Waals surface area (Å²) in [7, 11) is 0. The van der Waals surface area contributed by atoms with Crippen LogP contribution in [-0.4, -0.2) is 47.1 Å². The highest BCUT2D eigenvalue weighted by atomic mass is 35.5. The summed E-state index contributed by atoms with van der Waals surface area (Å²) in [4.78, 5) is 26.1. The molecule has 1 aromatic carbocycles. The zero-order valence-electron chi connectivity index (χ0n) is 12.8. The van der Waals surface area contributed by atoms with Gasteiger partial charge in [-0.05, 0) is 44.5 Å². The summed E-state index contributed by atoms with van der Waals surface area (Å²) in [5, 5.41) is 12.8. The molecule has 1 aromatic rings. The summed E-state index contributed by atoms with van der Waals surface area (Å²) >= 11 is 5.78. The Hall–Kier alpha value is -1.59. The SMILES string of the molecule is CC(NC(=O)c1ccc(Cl)cc1)C(=O)N1CCC(C(C)O)C1. The molecule has 1 saturated heterocycles. The smallest absolute Gasteiger partial charge is 0.251 e. The van der Waals surface area contributed by atoms with Crippen LogP contribution in [0.25, 0.3) is 0 Å². The lowest BCUT2D eigenvalue weighted by Gasteiger charge is -2.22. The Morgan fingerprint density at radius 2 is 1.95 bits per heavy atom. The molecule has 0 aliphatic carbocycles. The zero-order chi connectivity index (χ0) is 16.3. The van der Waals surface area contributed by atoms with Crippen LogP contribution in [0.5, 0.6) is 0 Å². The summed E-state index contributed by atoms with van der Waals surface area (Å²) < 4.78 is 0. The van der Waals surface area contributed by atoms with Gasteiger partial charge in [0.15, 0.2) is 0 Å². The van der Waals surface area contributed by atoms with Crippen LogP contribution in [0, 0.1) is 5.92 Å². The predicted molar refractivity (Wildman–Crippen MR) is 84.7 cm³/mol. The number of carbonyl (C=O) groups excluding carboxylic acids is 2. The first-order valence-corrected chi connectivity index (χ1v) is 7.79. The van der Waals surface area contributed by atoms with Gasteiger partial charge in [0.2, 0.25) is 5.91 Å². The number of halogens is 1. The van der Waals surface area contributed by atoms with Crippen molar-refractivity contribution in [2.75, 3.05) is 13.1 Å². The third-order valence-corrected chi connectivity index (χ3v) is 4.30. The lowest BCUT2D eigenvalue weighted by Crippen LogP contribution is -2.46. The van der Waals surface area contributed by atoms with Gasteiger partial charge in [-0.25, -0.2) is 0 Å². The zero-order valence-corrected chi connectivity index (χ0v) is 13.5. The molecular formula is C16H21ClN2O3. The fraction of sp³-hybridized carbons (Fsp3) is 0.500. The largest absolute Gasteiger partial charge is 0.393 e. The molecule has 0 saturated carbocycles. The van der Waals surface area contributed by atoms with E-state index >= 15 is 0 Å². The molecule has 6 heteroatoms. The van der Waals surface area contributed by atoms with E-state index in [9.17, 15) is 14.7 Å². The number of aliphatic hydroxyl groups is 1. The number of rotatable bonds is 4. The Morgan fingerprint density at radius 3 is 2.50 bits per heavy atom. The van der Waals surface area contributed by atoms with Gasteiger partial charge < -0.3 is 15.3 Å². The summed E-state index contributed by atoms with van der Waals surface area (Å²) in [6.45, 7) is 4.57. The highest BCUT2D eigenvalue weighted by Crippen LogP contribution is 2.20. The topological polar surface area (TPSA) is 69.6 Å². The van der Waals surface area contributed by atoms with Crippen molar-refractivity contribution >= 4 is 23.4 Å². The molecule has 2 N–H and O–H groups in total. The average molecular weight is 325 g/mol. The van der Waals surface area contributed by atoms with Crippen LogP contribution in [0.15, 0.2) is 24.3 Å². The van der Waals surface area contributed by atoms with Gasteiger partial charge in [-0.2, -0.15) is 0 Å². The first kappa shape index (κ1) is 16.8. The number of nitrogens with one attached hydrogen (secondary N) is 1. The molecule has 3 atom stereocenters. The molecule has 5 nitrogen and oxygen atoms in total. The fourth-order valence-electron chi connectivity index (χ4n) is 2.60. The van der Waals surface area contributed by atoms with Gasteiger partial charge in [0.1, 0.15) is 6.04 Å². The lowest BCUT2D eigenvalue weighted by atomic mass is 10.0. The Balaban J connectivity index is 1.91. The van der Waals surface area contributed by atoms with E-state index in [2.05, 4.69) is 5.32 Å². The van der Waals surface area contributed by atoms with Crippen LogP contribution in [0.4, 0.5) is 0 Å². The molecule has 1 heterocycles. The standard InChI is InChI=1S/C16H21ClN2O3/c1-10(16(22)19-8-7-13(9-19)11(2)20)18-15(21)12-3-5-14(17)6-4-12/h3-6,10-11,13,20H,7-9H2,1-2H3,(H,18,21). The number of nitrogens with zero attached hydrogens (tertiary/aromatic N) is 1. The Labute approximate surface area is 135 Å². The van der Waals surface area contributed by atoms with Crippen molar-refractivity contribution in [3.8, 4) is 0 Å². The van der Waals surface area contributed by atoms with Crippen LogP contribution in [0.2, 0.25) is 5.02 Å². The van der Waals surface area contributed by atoms with Gasteiger partial charge in [-0.3, -0.25) is 9.59 Å². The third-order valence-electron chi connectivity index (χ3n) is 4.04. The Bertz CT molecular complexity index is 545.